The fourth-order valence-electron chi connectivity index (χ4n) is 4.26. The smallest absolute Gasteiger partial charge is 0.295 e. The van der Waals surface area contributed by atoms with E-state index in [0.29, 0.717) is 17.9 Å². The fraction of sp³-hybridized carbons (Fsp3) is 0.440. The number of carbonyl (C=O) groups excluding carboxylic acids is 2. The lowest BCUT2D eigenvalue weighted by Crippen LogP contribution is -2.38. The van der Waals surface area contributed by atoms with Crippen molar-refractivity contribution in [2.75, 3.05) is 39.4 Å². The lowest BCUT2D eigenvalue weighted by Gasteiger charge is -2.28. The van der Waals surface area contributed by atoms with Crippen LogP contribution in [0.5, 0.6) is 5.75 Å². The second kappa shape index (κ2) is 10.5. The SMILES string of the molecule is CC(C)Oc1ccc(/C(O)=C2/C(=O)C(=O)N(CCCN3CCOCC3)C2c2cccs2)cc1. The van der Waals surface area contributed by atoms with E-state index in [1.807, 2.05) is 31.4 Å². The molecule has 0 aliphatic carbocycles. The molecular formula is C25H30N2O5S. The number of carbonyl (C=O) groups is 2. The molecule has 0 saturated carbocycles. The van der Waals surface area contributed by atoms with Gasteiger partial charge in [0, 0.05) is 36.6 Å². The van der Waals surface area contributed by atoms with Gasteiger partial charge in [0.15, 0.2) is 0 Å². The first-order chi connectivity index (χ1) is 16.0. The minimum absolute atomic E-state index is 0.0334. The summed E-state index contributed by atoms with van der Waals surface area (Å²) in [5, 5.41) is 13.0. The maximum atomic E-state index is 13.1. The summed E-state index contributed by atoms with van der Waals surface area (Å²) in [6.07, 6.45) is 0.780. The van der Waals surface area contributed by atoms with E-state index in [4.69, 9.17) is 9.47 Å². The average Bonchev–Trinajstić information content (AvgIpc) is 3.42. The topological polar surface area (TPSA) is 79.3 Å². The first-order valence-corrected chi connectivity index (χ1v) is 12.2. The van der Waals surface area contributed by atoms with Gasteiger partial charge >= 0.3 is 0 Å². The van der Waals surface area contributed by atoms with Crippen LogP contribution in [0, 0.1) is 0 Å². The number of hydrogen-bond donors (Lipinski definition) is 1. The predicted molar refractivity (Wildman–Crippen MR) is 127 cm³/mol. The van der Waals surface area contributed by atoms with Crippen LogP contribution >= 0.6 is 11.3 Å². The molecule has 2 fully saturated rings. The van der Waals surface area contributed by atoms with Gasteiger partial charge in [0.05, 0.1) is 30.9 Å². The highest BCUT2D eigenvalue weighted by Gasteiger charge is 2.46. The number of nitrogens with zero attached hydrogens (tertiary/aromatic N) is 2. The zero-order chi connectivity index (χ0) is 23.4. The standard InChI is InChI=1S/C25H30N2O5S/c1-17(2)32-19-8-6-18(7-9-19)23(28)21-22(20-5-3-16-33-20)27(25(30)24(21)29)11-4-10-26-12-14-31-15-13-26/h3,5-9,16-17,22,28H,4,10-15H2,1-2H3/b23-21-. The van der Waals surface area contributed by atoms with Crippen LogP contribution < -0.4 is 4.74 Å². The third-order valence-corrected chi connectivity index (χ3v) is 6.75. The largest absolute Gasteiger partial charge is 0.507 e. The van der Waals surface area contributed by atoms with Crippen LogP contribution in [0.25, 0.3) is 5.76 Å². The van der Waals surface area contributed by atoms with Crippen LogP contribution in [0.4, 0.5) is 0 Å². The molecule has 2 aliphatic heterocycles. The highest BCUT2D eigenvalue weighted by molar-refractivity contribution is 7.10. The van der Waals surface area contributed by atoms with Crippen molar-refractivity contribution in [3.8, 4) is 5.75 Å². The molecule has 0 spiro atoms. The number of Topliss-reactive ketones (excluding diaryl/α,β-unsaturated/α-hetero) is 1. The zero-order valence-corrected chi connectivity index (χ0v) is 19.8. The molecule has 4 rings (SSSR count). The Bertz CT molecular complexity index is 994. The molecule has 1 unspecified atom stereocenters. The number of amides is 1. The van der Waals surface area contributed by atoms with Gasteiger partial charge in [-0.2, -0.15) is 0 Å². The molecule has 1 N–H and O–H groups in total. The van der Waals surface area contributed by atoms with Gasteiger partial charge in [-0.3, -0.25) is 14.5 Å². The van der Waals surface area contributed by atoms with E-state index in [9.17, 15) is 14.7 Å². The van der Waals surface area contributed by atoms with E-state index < -0.39 is 17.7 Å². The van der Waals surface area contributed by atoms with E-state index in [-0.39, 0.29) is 17.4 Å². The van der Waals surface area contributed by atoms with Gasteiger partial charge in [-0.25, -0.2) is 0 Å². The van der Waals surface area contributed by atoms with Gasteiger partial charge in [-0.1, -0.05) is 6.07 Å². The molecule has 0 radical (unpaired) electrons. The zero-order valence-electron chi connectivity index (χ0n) is 19.0. The monoisotopic (exact) mass is 470 g/mol. The second-order valence-electron chi connectivity index (χ2n) is 8.51. The number of aliphatic hydroxyl groups excluding tert-OH is 1. The molecule has 1 atom stereocenters. The van der Waals surface area contributed by atoms with Gasteiger partial charge < -0.3 is 19.5 Å². The Morgan fingerprint density at radius 2 is 1.88 bits per heavy atom. The van der Waals surface area contributed by atoms with Crippen LogP contribution in [0.15, 0.2) is 47.4 Å². The Hall–Kier alpha value is -2.68. The maximum Gasteiger partial charge on any atom is 0.295 e. The Morgan fingerprint density at radius 1 is 1.15 bits per heavy atom. The van der Waals surface area contributed by atoms with Crippen molar-refractivity contribution in [2.45, 2.75) is 32.4 Å². The van der Waals surface area contributed by atoms with Crippen molar-refractivity contribution in [1.82, 2.24) is 9.80 Å². The first-order valence-electron chi connectivity index (χ1n) is 11.3. The normalized spacial score (nSPS) is 21.2. The molecule has 2 saturated heterocycles. The Morgan fingerprint density at radius 3 is 2.52 bits per heavy atom. The highest BCUT2D eigenvalue weighted by Crippen LogP contribution is 2.41. The number of aliphatic hydroxyl groups is 1. The molecule has 7 nitrogen and oxygen atoms in total. The van der Waals surface area contributed by atoms with Crippen molar-refractivity contribution in [3.05, 3.63) is 57.8 Å². The van der Waals surface area contributed by atoms with E-state index in [1.165, 1.54) is 11.3 Å². The van der Waals surface area contributed by atoms with E-state index in [2.05, 4.69) is 4.90 Å². The first kappa shape index (κ1) is 23.5. The minimum atomic E-state index is -0.639. The summed E-state index contributed by atoms with van der Waals surface area (Å²) in [7, 11) is 0. The average molecular weight is 471 g/mol. The Balaban J connectivity index is 1.59. The van der Waals surface area contributed by atoms with Crippen molar-refractivity contribution < 1.29 is 24.2 Å². The predicted octanol–water partition coefficient (Wildman–Crippen LogP) is 3.68. The molecule has 1 aromatic carbocycles. The molecule has 0 bridgehead atoms. The lowest BCUT2D eigenvalue weighted by atomic mass is 10.00. The Labute approximate surface area is 198 Å². The van der Waals surface area contributed by atoms with Crippen molar-refractivity contribution >= 4 is 28.8 Å². The molecule has 33 heavy (non-hydrogen) atoms. The van der Waals surface area contributed by atoms with Crippen LogP contribution in [0.2, 0.25) is 0 Å². The molecule has 8 heteroatoms. The summed E-state index contributed by atoms with van der Waals surface area (Å²) < 4.78 is 11.1. The van der Waals surface area contributed by atoms with Gasteiger partial charge in [0.2, 0.25) is 0 Å². The summed E-state index contributed by atoms with van der Waals surface area (Å²) in [6.45, 7) is 8.36. The van der Waals surface area contributed by atoms with E-state index >= 15 is 0 Å². The molecular weight excluding hydrogens is 440 g/mol. The van der Waals surface area contributed by atoms with Gasteiger partial charge in [-0.15, -0.1) is 11.3 Å². The van der Waals surface area contributed by atoms with Crippen LogP contribution in [-0.2, 0) is 14.3 Å². The number of hydrogen-bond acceptors (Lipinski definition) is 7. The molecule has 176 valence electrons. The number of likely N-dealkylation sites (tertiary alicyclic amines) is 1. The number of ether oxygens (including phenoxy) is 2. The number of morpholine rings is 1. The second-order valence-corrected chi connectivity index (χ2v) is 9.49. The summed E-state index contributed by atoms with van der Waals surface area (Å²) in [5.74, 6) is -0.671. The number of benzene rings is 1. The van der Waals surface area contributed by atoms with Gasteiger partial charge in [0.1, 0.15) is 11.5 Å². The number of rotatable bonds is 8. The summed E-state index contributed by atoms with van der Waals surface area (Å²) in [6, 6.07) is 10.2. The van der Waals surface area contributed by atoms with Gasteiger partial charge in [0.25, 0.3) is 11.7 Å². The number of ketones is 1. The molecule has 2 aromatic rings. The summed E-state index contributed by atoms with van der Waals surface area (Å²) in [4.78, 5) is 30.8. The third-order valence-electron chi connectivity index (χ3n) is 5.83. The molecule has 3 heterocycles. The number of thiophene rings is 1. The van der Waals surface area contributed by atoms with Crippen LogP contribution in [0.1, 0.15) is 36.8 Å². The quantitative estimate of drug-likeness (QED) is 0.360. The van der Waals surface area contributed by atoms with Crippen LogP contribution in [0.3, 0.4) is 0 Å². The third kappa shape index (κ3) is 5.29. The lowest BCUT2D eigenvalue weighted by molar-refractivity contribution is -0.140. The highest BCUT2D eigenvalue weighted by atomic mass is 32.1. The summed E-state index contributed by atoms with van der Waals surface area (Å²) in [5.41, 5.74) is 0.630. The van der Waals surface area contributed by atoms with Crippen molar-refractivity contribution in [2.24, 2.45) is 0 Å². The van der Waals surface area contributed by atoms with Crippen LogP contribution in [-0.4, -0.2) is 72.1 Å². The Kier molecular flexibility index (Phi) is 7.47. The summed E-state index contributed by atoms with van der Waals surface area (Å²) >= 11 is 1.48. The van der Waals surface area contributed by atoms with E-state index in [0.717, 1.165) is 44.1 Å². The molecule has 1 amide bonds. The minimum Gasteiger partial charge on any atom is -0.507 e. The fourth-order valence-corrected chi connectivity index (χ4v) is 5.11. The van der Waals surface area contributed by atoms with Gasteiger partial charge in [-0.05, 0) is 56.0 Å². The van der Waals surface area contributed by atoms with Crippen molar-refractivity contribution in [1.29, 1.82) is 0 Å². The molecule has 1 aromatic heterocycles. The molecule has 2 aliphatic rings. The van der Waals surface area contributed by atoms with Crippen molar-refractivity contribution in [3.63, 3.8) is 0 Å². The van der Waals surface area contributed by atoms with E-state index in [1.54, 1.807) is 29.2 Å². The maximum absolute atomic E-state index is 13.1.